The lowest BCUT2D eigenvalue weighted by Gasteiger charge is -2.48. The average Bonchev–Trinajstić information content (AvgIpc) is 2.52. The predicted octanol–water partition coefficient (Wildman–Crippen LogP) is 1.03. The van der Waals surface area contributed by atoms with Crippen molar-refractivity contribution in [1.82, 2.24) is 4.90 Å². The van der Waals surface area contributed by atoms with Crippen molar-refractivity contribution in [1.29, 1.82) is 0 Å². The highest BCUT2D eigenvalue weighted by atomic mass is 35.5. The molecule has 0 aromatic rings. The largest absolute Gasteiger partial charge is 0.425 e. The van der Waals surface area contributed by atoms with E-state index in [4.69, 9.17) is 19.9 Å². The standard InChI is InChI=1S/C16H24N2O6S.ClH/c1-8(24-15(21)16(2,3)4)23-14(20)11-9(6-22-5)7-25-13-10(17)12(19)18(11)13;/h8,10,13H,6-7,17H2,1-5H3;1H/t8?,10?,13-;/m1./s1. The molecule has 0 saturated carbocycles. The number of halogens is 1. The quantitative estimate of drug-likeness (QED) is 0.408. The van der Waals surface area contributed by atoms with E-state index in [1.807, 2.05) is 0 Å². The minimum absolute atomic E-state index is 0. The molecule has 10 heteroatoms. The first kappa shape index (κ1) is 22.8. The number of amides is 1. The van der Waals surface area contributed by atoms with Gasteiger partial charge in [0.2, 0.25) is 12.2 Å². The van der Waals surface area contributed by atoms with Crippen LogP contribution >= 0.6 is 24.2 Å². The molecule has 2 aliphatic rings. The van der Waals surface area contributed by atoms with E-state index in [0.717, 1.165) is 0 Å². The van der Waals surface area contributed by atoms with Crippen LogP contribution in [0.5, 0.6) is 0 Å². The van der Waals surface area contributed by atoms with Crippen LogP contribution in [0.1, 0.15) is 27.7 Å². The summed E-state index contributed by atoms with van der Waals surface area (Å²) in [5, 5.41) is -0.289. The number of rotatable bonds is 5. The van der Waals surface area contributed by atoms with Crippen LogP contribution in [0.3, 0.4) is 0 Å². The summed E-state index contributed by atoms with van der Waals surface area (Å²) >= 11 is 1.48. The molecule has 148 valence electrons. The predicted molar refractivity (Wildman–Crippen MR) is 98.3 cm³/mol. The Morgan fingerprint density at radius 2 is 1.96 bits per heavy atom. The van der Waals surface area contributed by atoms with Crippen LogP contribution < -0.4 is 5.73 Å². The number of ether oxygens (including phenoxy) is 3. The molecule has 2 aliphatic heterocycles. The van der Waals surface area contributed by atoms with Crippen LogP contribution in [-0.2, 0) is 28.6 Å². The van der Waals surface area contributed by atoms with Crippen molar-refractivity contribution in [2.45, 2.75) is 45.4 Å². The lowest BCUT2D eigenvalue weighted by molar-refractivity contribution is -0.190. The number of carbonyl (C=O) groups excluding carboxylic acids is 3. The molecule has 0 radical (unpaired) electrons. The molecule has 26 heavy (non-hydrogen) atoms. The van der Waals surface area contributed by atoms with Gasteiger partial charge in [0.25, 0.3) is 0 Å². The average molecular weight is 409 g/mol. The lowest BCUT2D eigenvalue weighted by Crippen LogP contribution is -2.68. The molecule has 1 amide bonds. The second-order valence-electron chi connectivity index (χ2n) is 6.95. The third-order valence-corrected chi connectivity index (χ3v) is 5.12. The molecule has 0 bridgehead atoms. The first-order valence-corrected chi connectivity index (χ1v) is 8.96. The Kier molecular flexibility index (Phi) is 7.52. The van der Waals surface area contributed by atoms with Crippen LogP contribution in [0, 0.1) is 5.41 Å². The second-order valence-corrected chi connectivity index (χ2v) is 8.05. The summed E-state index contributed by atoms with van der Waals surface area (Å²) in [5.74, 6) is -1.04. The van der Waals surface area contributed by atoms with E-state index in [1.54, 1.807) is 20.8 Å². The molecule has 0 spiro atoms. The Hall–Kier alpha value is -1.29. The third-order valence-electron chi connectivity index (χ3n) is 3.76. The van der Waals surface area contributed by atoms with E-state index in [-0.39, 0.29) is 36.0 Å². The molecule has 0 aliphatic carbocycles. The number of hydrogen-bond donors (Lipinski definition) is 1. The van der Waals surface area contributed by atoms with Crippen molar-refractivity contribution in [3.05, 3.63) is 11.3 Å². The van der Waals surface area contributed by atoms with Crippen molar-refractivity contribution in [3.8, 4) is 0 Å². The van der Waals surface area contributed by atoms with Crippen LogP contribution in [0.4, 0.5) is 0 Å². The van der Waals surface area contributed by atoms with Crippen molar-refractivity contribution in [2.75, 3.05) is 19.5 Å². The summed E-state index contributed by atoms with van der Waals surface area (Å²) in [5.41, 5.74) is 5.85. The van der Waals surface area contributed by atoms with Gasteiger partial charge >= 0.3 is 11.9 Å². The molecule has 2 rings (SSSR count). The van der Waals surface area contributed by atoms with Crippen molar-refractivity contribution in [3.63, 3.8) is 0 Å². The Bertz CT molecular complexity index is 618. The summed E-state index contributed by atoms with van der Waals surface area (Å²) < 4.78 is 15.5. The van der Waals surface area contributed by atoms with Gasteiger partial charge in [-0.25, -0.2) is 4.79 Å². The number of nitrogens with two attached hydrogens (primary N) is 1. The summed E-state index contributed by atoms with van der Waals surface area (Å²) in [6.07, 6.45) is -1.08. The van der Waals surface area contributed by atoms with Gasteiger partial charge in [-0.3, -0.25) is 14.5 Å². The summed E-state index contributed by atoms with van der Waals surface area (Å²) in [7, 11) is 1.50. The zero-order valence-electron chi connectivity index (χ0n) is 15.4. The number of hydrogen-bond acceptors (Lipinski definition) is 8. The molecule has 8 nitrogen and oxygen atoms in total. The number of methoxy groups -OCH3 is 1. The van der Waals surface area contributed by atoms with Gasteiger partial charge in [-0.1, -0.05) is 0 Å². The fourth-order valence-corrected chi connectivity index (χ4v) is 3.69. The Morgan fingerprint density at radius 1 is 1.35 bits per heavy atom. The topological polar surface area (TPSA) is 108 Å². The molecular weight excluding hydrogens is 384 g/mol. The molecule has 0 aromatic carbocycles. The van der Waals surface area contributed by atoms with Crippen LogP contribution in [0.15, 0.2) is 11.3 Å². The maximum absolute atomic E-state index is 12.6. The fourth-order valence-electron chi connectivity index (χ4n) is 2.41. The van der Waals surface area contributed by atoms with E-state index < -0.39 is 29.7 Å². The highest BCUT2D eigenvalue weighted by Gasteiger charge is 2.52. The minimum atomic E-state index is -1.08. The van der Waals surface area contributed by atoms with Gasteiger partial charge in [0.15, 0.2) is 0 Å². The molecule has 2 N–H and O–H groups in total. The van der Waals surface area contributed by atoms with Gasteiger partial charge in [-0.2, -0.15) is 0 Å². The maximum atomic E-state index is 12.6. The molecule has 0 aromatic heterocycles. The summed E-state index contributed by atoms with van der Waals surface area (Å²) in [6, 6.07) is -0.631. The van der Waals surface area contributed by atoms with Crippen LogP contribution in [-0.4, -0.2) is 59.9 Å². The van der Waals surface area contributed by atoms with Gasteiger partial charge in [0.1, 0.15) is 17.1 Å². The summed E-state index contributed by atoms with van der Waals surface area (Å²) in [4.78, 5) is 37.9. The first-order valence-electron chi connectivity index (χ1n) is 7.91. The zero-order valence-corrected chi connectivity index (χ0v) is 17.1. The monoisotopic (exact) mass is 408 g/mol. The number of thioether (sulfide) groups is 1. The first-order chi connectivity index (χ1) is 11.6. The fraction of sp³-hybridized carbons (Fsp3) is 0.688. The number of β-lactam (4-membered cyclic amide) rings is 1. The molecule has 3 atom stereocenters. The van der Waals surface area contributed by atoms with E-state index in [1.165, 1.54) is 30.7 Å². The normalized spacial score (nSPS) is 23.5. The van der Waals surface area contributed by atoms with Crippen molar-refractivity contribution in [2.24, 2.45) is 11.1 Å². The zero-order chi connectivity index (χ0) is 18.9. The molecule has 2 heterocycles. The number of carbonyl (C=O) groups is 3. The highest BCUT2D eigenvalue weighted by Crippen LogP contribution is 2.39. The van der Waals surface area contributed by atoms with Gasteiger partial charge < -0.3 is 19.9 Å². The molecule has 1 fully saturated rings. The Balaban J connectivity index is 0.00000338. The SMILES string of the molecule is COCC1=C(C(=O)OC(C)OC(=O)C(C)(C)C)N2C(=O)C(N)[C@H]2SC1.Cl. The van der Waals surface area contributed by atoms with E-state index in [2.05, 4.69) is 0 Å². The number of nitrogens with zero attached hydrogens (tertiary/aromatic N) is 1. The molecular formula is C16H25ClN2O6S. The minimum Gasteiger partial charge on any atom is -0.425 e. The van der Waals surface area contributed by atoms with E-state index in [9.17, 15) is 14.4 Å². The highest BCUT2D eigenvalue weighted by molar-refractivity contribution is 8.00. The van der Waals surface area contributed by atoms with Crippen LogP contribution in [0.2, 0.25) is 0 Å². The van der Waals surface area contributed by atoms with E-state index >= 15 is 0 Å². The molecule has 2 unspecified atom stereocenters. The van der Waals surface area contributed by atoms with E-state index in [0.29, 0.717) is 11.3 Å². The number of fused-ring (bicyclic) bond motifs is 1. The van der Waals surface area contributed by atoms with Crippen molar-refractivity contribution < 1.29 is 28.6 Å². The van der Waals surface area contributed by atoms with Gasteiger partial charge in [0, 0.05) is 19.8 Å². The van der Waals surface area contributed by atoms with Gasteiger partial charge in [-0.05, 0) is 26.3 Å². The van der Waals surface area contributed by atoms with Gasteiger partial charge in [0.05, 0.1) is 12.0 Å². The number of esters is 2. The van der Waals surface area contributed by atoms with Gasteiger partial charge in [-0.15, -0.1) is 24.2 Å². The smallest absolute Gasteiger partial charge is 0.358 e. The Labute approximate surface area is 163 Å². The lowest BCUT2D eigenvalue weighted by atomic mass is 9.97. The Morgan fingerprint density at radius 3 is 2.50 bits per heavy atom. The third kappa shape index (κ3) is 4.51. The second kappa shape index (κ2) is 8.60. The van der Waals surface area contributed by atoms with Crippen molar-refractivity contribution >= 4 is 42.0 Å². The summed E-state index contributed by atoms with van der Waals surface area (Å²) in [6.45, 7) is 6.75. The van der Waals surface area contributed by atoms with Crippen LogP contribution in [0.25, 0.3) is 0 Å². The maximum Gasteiger partial charge on any atom is 0.358 e. The molecule has 1 saturated heterocycles.